The molecule has 0 unspecified atom stereocenters. The van der Waals surface area contributed by atoms with E-state index in [9.17, 15) is 22.8 Å². The van der Waals surface area contributed by atoms with E-state index in [1.54, 1.807) is 73.7 Å². The second-order valence-corrected chi connectivity index (χ2v) is 9.74. The Balaban J connectivity index is 1.85. The number of likely N-dealkylation sites (N-methyl/N-ethyl adjacent to an activating group) is 1. The third-order valence-electron chi connectivity index (χ3n) is 5.47. The van der Waals surface area contributed by atoms with Crippen LogP contribution in [0.2, 0.25) is 0 Å². The maximum atomic E-state index is 13.4. The number of aryl methyl sites for hydroxylation is 1. The van der Waals surface area contributed by atoms with Gasteiger partial charge in [0.2, 0.25) is 5.91 Å². The van der Waals surface area contributed by atoms with E-state index in [2.05, 4.69) is 5.32 Å². The summed E-state index contributed by atoms with van der Waals surface area (Å²) in [6.07, 6.45) is 0.133. The Bertz CT molecular complexity index is 1340. The number of benzene rings is 3. The van der Waals surface area contributed by atoms with Gasteiger partial charge in [0.05, 0.1) is 4.90 Å². The largest absolute Gasteiger partial charge is 0.329 e. The van der Waals surface area contributed by atoms with Gasteiger partial charge in [0.25, 0.3) is 10.0 Å². The second kappa shape index (κ2) is 11.0. The highest BCUT2D eigenvalue weighted by atomic mass is 32.2. The van der Waals surface area contributed by atoms with Crippen molar-refractivity contribution >= 4 is 33.4 Å². The number of hydrogen-bond acceptors (Lipinski definition) is 5. The van der Waals surface area contributed by atoms with Crippen LogP contribution in [0.5, 0.6) is 0 Å². The van der Waals surface area contributed by atoms with Crippen molar-refractivity contribution in [2.75, 3.05) is 11.9 Å². The summed E-state index contributed by atoms with van der Waals surface area (Å²) in [7, 11) is -2.62. The highest BCUT2D eigenvalue weighted by Gasteiger charge is 2.28. The van der Waals surface area contributed by atoms with Gasteiger partial charge in [0.1, 0.15) is 6.04 Å². The fourth-order valence-corrected chi connectivity index (χ4v) is 4.73. The molecule has 8 nitrogen and oxygen atoms in total. The maximum Gasteiger partial charge on any atom is 0.329 e. The molecule has 9 heteroatoms. The van der Waals surface area contributed by atoms with E-state index in [4.69, 9.17) is 0 Å². The summed E-state index contributed by atoms with van der Waals surface area (Å²) < 4.78 is 27.5. The molecule has 182 valence electrons. The summed E-state index contributed by atoms with van der Waals surface area (Å²) in [5.41, 5.74) is 2.17. The van der Waals surface area contributed by atoms with Crippen molar-refractivity contribution in [3.05, 3.63) is 95.6 Å². The summed E-state index contributed by atoms with van der Waals surface area (Å²) in [5, 5.41) is 2.51. The quantitative estimate of drug-likeness (QED) is 0.467. The number of urea groups is 1. The highest BCUT2D eigenvalue weighted by Crippen LogP contribution is 2.18. The van der Waals surface area contributed by atoms with Crippen LogP contribution in [0.3, 0.4) is 0 Å². The van der Waals surface area contributed by atoms with Crippen LogP contribution in [-0.2, 0) is 21.2 Å². The fraction of sp³-hybridized carbons (Fsp3) is 0.192. The number of hydrogen-bond donors (Lipinski definition) is 2. The molecule has 0 aliphatic carbocycles. The predicted molar refractivity (Wildman–Crippen MR) is 134 cm³/mol. The molecule has 1 atom stereocenters. The second-order valence-electron chi connectivity index (χ2n) is 8.09. The van der Waals surface area contributed by atoms with E-state index in [1.807, 2.05) is 10.8 Å². The van der Waals surface area contributed by atoms with E-state index < -0.39 is 28.0 Å². The zero-order valence-electron chi connectivity index (χ0n) is 19.7. The molecule has 0 aliphatic rings. The monoisotopic (exact) mass is 493 g/mol. The van der Waals surface area contributed by atoms with Gasteiger partial charge in [0.15, 0.2) is 5.78 Å². The van der Waals surface area contributed by atoms with Crippen molar-refractivity contribution in [2.45, 2.75) is 31.2 Å². The number of nitrogens with zero attached hydrogens (tertiary/aromatic N) is 1. The molecule has 0 heterocycles. The number of carbonyl (C=O) groups is 3. The number of nitrogens with one attached hydrogen (secondary N) is 2. The van der Waals surface area contributed by atoms with Crippen molar-refractivity contribution < 1.29 is 22.8 Å². The average Bonchev–Trinajstić information content (AvgIpc) is 2.83. The Morgan fingerprint density at radius 3 is 2.23 bits per heavy atom. The Morgan fingerprint density at radius 1 is 0.914 bits per heavy atom. The molecule has 3 rings (SSSR count). The van der Waals surface area contributed by atoms with Gasteiger partial charge in [-0.15, -0.1) is 0 Å². The molecule has 0 radical (unpaired) electrons. The van der Waals surface area contributed by atoms with Gasteiger partial charge >= 0.3 is 6.03 Å². The Labute approximate surface area is 205 Å². The lowest BCUT2D eigenvalue weighted by Crippen LogP contribution is -2.52. The van der Waals surface area contributed by atoms with Crippen LogP contribution in [-0.4, -0.2) is 39.2 Å². The number of anilines is 1. The molecular formula is C26H27N3O5S. The first-order valence-electron chi connectivity index (χ1n) is 10.9. The number of amides is 3. The van der Waals surface area contributed by atoms with Crippen LogP contribution < -0.4 is 14.9 Å². The molecule has 0 bridgehead atoms. The summed E-state index contributed by atoms with van der Waals surface area (Å²) in [6.45, 7) is 3.05. The summed E-state index contributed by atoms with van der Waals surface area (Å²) >= 11 is 0. The lowest BCUT2D eigenvalue weighted by Gasteiger charge is -2.25. The molecule has 2 N–H and O–H groups in total. The van der Waals surface area contributed by atoms with E-state index in [1.165, 1.54) is 24.9 Å². The highest BCUT2D eigenvalue weighted by molar-refractivity contribution is 7.90. The Kier molecular flexibility index (Phi) is 8.03. The van der Waals surface area contributed by atoms with Crippen LogP contribution in [0, 0.1) is 6.92 Å². The minimum Gasteiger partial charge on any atom is -0.325 e. The van der Waals surface area contributed by atoms with E-state index in [0.29, 0.717) is 16.8 Å². The zero-order chi connectivity index (χ0) is 25.6. The first-order chi connectivity index (χ1) is 16.6. The van der Waals surface area contributed by atoms with Crippen LogP contribution in [0.4, 0.5) is 10.5 Å². The Hall–Kier alpha value is -3.98. The van der Waals surface area contributed by atoms with Crippen molar-refractivity contribution in [1.29, 1.82) is 0 Å². The number of sulfonamides is 1. The number of Topliss-reactive ketones (excluding diaryl/α,β-unsaturated/α-hetero) is 1. The first-order valence-corrected chi connectivity index (χ1v) is 12.4. The summed E-state index contributed by atoms with van der Waals surface area (Å²) in [5.74, 6) is -0.620. The standard InChI is InChI=1S/C26H27N3O5S/c1-18-10-7-8-15-24(18)35(33,34)28-26(32)27-23(16-20-11-5-4-6-12-20)25(31)29(3)22-14-9-13-21(17-22)19(2)30/h4-15,17,23H,16H2,1-3H3,(H2,27,28,32)/t23-/m0/s1. The lowest BCUT2D eigenvalue weighted by atomic mass is 10.0. The average molecular weight is 494 g/mol. The molecule has 0 aromatic heterocycles. The van der Waals surface area contributed by atoms with E-state index >= 15 is 0 Å². The minimum absolute atomic E-state index is 0.0285. The number of ketones is 1. The van der Waals surface area contributed by atoms with Crippen LogP contribution in [0.15, 0.2) is 83.8 Å². The molecule has 0 aliphatic heterocycles. The maximum absolute atomic E-state index is 13.4. The molecule has 0 saturated heterocycles. The van der Waals surface area contributed by atoms with E-state index in [-0.39, 0.29) is 17.1 Å². The van der Waals surface area contributed by atoms with Gasteiger partial charge in [-0.05, 0) is 43.2 Å². The van der Waals surface area contributed by atoms with Crippen molar-refractivity contribution in [1.82, 2.24) is 10.0 Å². The molecular weight excluding hydrogens is 466 g/mol. The molecule has 0 saturated carbocycles. The molecule has 3 aromatic carbocycles. The van der Waals surface area contributed by atoms with Crippen molar-refractivity contribution in [3.63, 3.8) is 0 Å². The molecule has 0 spiro atoms. The van der Waals surface area contributed by atoms with Gasteiger partial charge in [-0.3, -0.25) is 9.59 Å². The summed E-state index contributed by atoms with van der Waals surface area (Å²) in [6, 6.07) is 19.8. The topological polar surface area (TPSA) is 113 Å². The lowest BCUT2D eigenvalue weighted by molar-refractivity contribution is -0.120. The number of rotatable bonds is 8. The SMILES string of the molecule is CC(=O)c1cccc(N(C)C(=O)[C@H](Cc2ccccc2)NC(=O)NS(=O)(=O)c2ccccc2C)c1. The van der Waals surface area contributed by atoms with Crippen LogP contribution >= 0.6 is 0 Å². The van der Waals surface area contributed by atoms with E-state index in [0.717, 1.165) is 5.56 Å². The molecule has 35 heavy (non-hydrogen) atoms. The zero-order valence-corrected chi connectivity index (χ0v) is 20.5. The van der Waals surface area contributed by atoms with Gasteiger partial charge in [0, 0.05) is 24.7 Å². The summed E-state index contributed by atoms with van der Waals surface area (Å²) in [4.78, 5) is 39.2. The molecule has 0 fully saturated rings. The molecule has 3 amide bonds. The van der Waals surface area contributed by atoms with Gasteiger partial charge < -0.3 is 10.2 Å². The predicted octanol–water partition coefficient (Wildman–Crippen LogP) is 3.46. The third-order valence-corrected chi connectivity index (χ3v) is 6.96. The van der Waals surface area contributed by atoms with Gasteiger partial charge in [-0.2, -0.15) is 0 Å². The minimum atomic E-state index is -4.15. The number of carbonyl (C=O) groups excluding carboxylic acids is 3. The third kappa shape index (κ3) is 6.54. The Morgan fingerprint density at radius 2 is 1.57 bits per heavy atom. The molecule has 3 aromatic rings. The van der Waals surface area contributed by atoms with Crippen molar-refractivity contribution in [2.24, 2.45) is 0 Å². The van der Waals surface area contributed by atoms with Crippen LogP contribution in [0.25, 0.3) is 0 Å². The fourth-order valence-electron chi connectivity index (χ4n) is 3.57. The first kappa shape index (κ1) is 25.6. The van der Waals surface area contributed by atoms with Gasteiger partial charge in [-0.1, -0.05) is 60.7 Å². The van der Waals surface area contributed by atoms with Crippen LogP contribution in [0.1, 0.15) is 28.4 Å². The van der Waals surface area contributed by atoms with Crippen molar-refractivity contribution in [3.8, 4) is 0 Å². The normalized spacial score (nSPS) is 11.9. The van der Waals surface area contributed by atoms with Gasteiger partial charge in [-0.25, -0.2) is 17.9 Å². The smallest absolute Gasteiger partial charge is 0.325 e.